The molecule has 1 saturated carbocycles. The minimum atomic E-state index is -0.114. The van der Waals surface area contributed by atoms with E-state index in [1.165, 1.54) is 12.8 Å². The van der Waals surface area contributed by atoms with Gasteiger partial charge in [0.2, 0.25) is 5.89 Å². The minimum Gasteiger partial charge on any atom is -0.356 e. The zero-order chi connectivity index (χ0) is 13.9. The van der Waals surface area contributed by atoms with E-state index in [1.54, 1.807) is 7.05 Å². The molecule has 0 atom stereocenters. The molecule has 0 saturated heterocycles. The number of nitrogens with zero attached hydrogens (tertiary/aromatic N) is 3. The van der Waals surface area contributed by atoms with E-state index >= 15 is 0 Å². The highest BCUT2D eigenvalue weighted by Crippen LogP contribution is 2.27. The fourth-order valence-corrected chi connectivity index (χ4v) is 1.58. The normalized spacial score (nSPS) is 16.5. The smallest absolute Gasteiger partial charge is 0.232 e. The SMILES string of the molecule is CN=C(NCc1noc(C(C)(C)C)n1)NCC1CC1. The molecule has 6 nitrogen and oxygen atoms in total. The van der Waals surface area contributed by atoms with Crippen LogP contribution >= 0.6 is 0 Å². The van der Waals surface area contributed by atoms with Gasteiger partial charge in [-0.05, 0) is 18.8 Å². The molecule has 0 radical (unpaired) electrons. The largest absolute Gasteiger partial charge is 0.356 e. The average Bonchev–Trinajstić information content (AvgIpc) is 3.04. The van der Waals surface area contributed by atoms with Crippen molar-refractivity contribution in [1.82, 2.24) is 20.8 Å². The fourth-order valence-electron chi connectivity index (χ4n) is 1.58. The lowest BCUT2D eigenvalue weighted by molar-refractivity contribution is 0.318. The minimum absolute atomic E-state index is 0.114. The van der Waals surface area contributed by atoms with E-state index in [9.17, 15) is 0 Å². The monoisotopic (exact) mass is 265 g/mol. The Bertz CT molecular complexity index is 442. The molecular formula is C13H23N5O. The van der Waals surface area contributed by atoms with Gasteiger partial charge < -0.3 is 15.2 Å². The summed E-state index contributed by atoms with van der Waals surface area (Å²) >= 11 is 0. The Kier molecular flexibility index (Phi) is 4.07. The van der Waals surface area contributed by atoms with Crippen LogP contribution in [0.3, 0.4) is 0 Å². The molecule has 0 spiro atoms. The van der Waals surface area contributed by atoms with Gasteiger partial charge in [-0.2, -0.15) is 4.98 Å². The van der Waals surface area contributed by atoms with Crippen LogP contribution in [0, 0.1) is 5.92 Å². The first kappa shape index (κ1) is 13.8. The molecular weight excluding hydrogens is 242 g/mol. The first-order valence-electron chi connectivity index (χ1n) is 6.76. The summed E-state index contributed by atoms with van der Waals surface area (Å²) < 4.78 is 5.24. The van der Waals surface area contributed by atoms with E-state index in [2.05, 4.69) is 25.8 Å². The van der Waals surface area contributed by atoms with Crippen molar-refractivity contribution >= 4 is 5.96 Å². The predicted molar refractivity (Wildman–Crippen MR) is 73.9 cm³/mol. The second kappa shape index (κ2) is 5.59. The van der Waals surface area contributed by atoms with Gasteiger partial charge in [0.05, 0.1) is 6.54 Å². The van der Waals surface area contributed by atoms with Crippen molar-refractivity contribution in [2.75, 3.05) is 13.6 Å². The highest BCUT2D eigenvalue weighted by atomic mass is 16.5. The maximum absolute atomic E-state index is 5.24. The van der Waals surface area contributed by atoms with E-state index in [1.807, 2.05) is 20.8 Å². The summed E-state index contributed by atoms with van der Waals surface area (Å²) in [7, 11) is 1.76. The van der Waals surface area contributed by atoms with Gasteiger partial charge in [0.15, 0.2) is 11.8 Å². The van der Waals surface area contributed by atoms with Gasteiger partial charge in [0, 0.05) is 19.0 Å². The van der Waals surface area contributed by atoms with Crippen molar-refractivity contribution in [2.24, 2.45) is 10.9 Å². The first-order valence-corrected chi connectivity index (χ1v) is 6.76. The molecule has 0 aliphatic heterocycles. The molecule has 106 valence electrons. The molecule has 0 unspecified atom stereocenters. The third-order valence-corrected chi connectivity index (χ3v) is 3.00. The van der Waals surface area contributed by atoms with Crippen LogP contribution in [-0.4, -0.2) is 29.7 Å². The van der Waals surface area contributed by atoms with Gasteiger partial charge in [-0.3, -0.25) is 4.99 Å². The molecule has 1 aromatic heterocycles. The molecule has 1 aromatic rings. The van der Waals surface area contributed by atoms with Crippen molar-refractivity contribution in [3.8, 4) is 0 Å². The number of aromatic nitrogens is 2. The highest BCUT2D eigenvalue weighted by molar-refractivity contribution is 5.79. The molecule has 1 heterocycles. The number of hydrogen-bond acceptors (Lipinski definition) is 4. The van der Waals surface area contributed by atoms with Gasteiger partial charge in [-0.25, -0.2) is 0 Å². The second-order valence-electron chi connectivity index (χ2n) is 6.02. The summed E-state index contributed by atoms with van der Waals surface area (Å²) in [4.78, 5) is 8.54. The molecule has 19 heavy (non-hydrogen) atoms. The summed E-state index contributed by atoms with van der Waals surface area (Å²) in [5.41, 5.74) is -0.114. The van der Waals surface area contributed by atoms with E-state index in [0.717, 1.165) is 18.4 Å². The number of aliphatic imine (C=N–C) groups is 1. The molecule has 2 rings (SSSR count). The molecule has 1 aliphatic rings. The molecule has 6 heteroatoms. The number of guanidine groups is 1. The summed E-state index contributed by atoms with van der Waals surface area (Å²) in [5, 5.41) is 10.4. The number of nitrogens with one attached hydrogen (secondary N) is 2. The first-order chi connectivity index (χ1) is 8.99. The predicted octanol–water partition coefficient (Wildman–Crippen LogP) is 1.44. The topological polar surface area (TPSA) is 75.3 Å². The Morgan fingerprint density at radius 3 is 2.63 bits per heavy atom. The molecule has 0 bridgehead atoms. The van der Waals surface area contributed by atoms with Gasteiger partial charge in [0.1, 0.15) is 0 Å². The van der Waals surface area contributed by atoms with E-state index in [0.29, 0.717) is 18.3 Å². The van der Waals surface area contributed by atoms with Crippen LogP contribution < -0.4 is 10.6 Å². The van der Waals surface area contributed by atoms with Crippen molar-refractivity contribution < 1.29 is 4.52 Å². The van der Waals surface area contributed by atoms with Crippen LogP contribution in [0.4, 0.5) is 0 Å². The molecule has 0 aromatic carbocycles. The van der Waals surface area contributed by atoms with E-state index in [-0.39, 0.29) is 5.41 Å². The maximum Gasteiger partial charge on any atom is 0.232 e. The van der Waals surface area contributed by atoms with Crippen molar-refractivity contribution in [3.63, 3.8) is 0 Å². The van der Waals surface area contributed by atoms with Crippen LogP contribution in [0.1, 0.15) is 45.3 Å². The lowest BCUT2D eigenvalue weighted by Crippen LogP contribution is -2.38. The van der Waals surface area contributed by atoms with Crippen molar-refractivity contribution in [2.45, 2.75) is 45.6 Å². The van der Waals surface area contributed by atoms with Gasteiger partial charge in [0.25, 0.3) is 0 Å². The summed E-state index contributed by atoms with van der Waals surface area (Å²) in [5.74, 6) is 2.91. The lowest BCUT2D eigenvalue weighted by Gasteiger charge is -2.11. The van der Waals surface area contributed by atoms with Gasteiger partial charge in [-0.15, -0.1) is 0 Å². The fraction of sp³-hybridized carbons (Fsp3) is 0.769. The Morgan fingerprint density at radius 2 is 2.11 bits per heavy atom. The average molecular weight is 265 g/mol. The molecule has 1 aliphatic carbocycles. The van der Waals surface area contributed by atoms with Gasteiger partial charge >= 0.3 is 0 Å². The Morgan fingerprint density at radius 1 is 1.37 bits per heavy atom. The maximum atomic E-state index is 5.24. The highest BCUT2D eigenvalue weighted by Gasteiger charge is 2.22. The summed E-state index contributed by atoms with van der Waals surface area (Å²) in [6.07, 6.45) is 2.65. The van der Waals surface area contributed by atoms with E-state index in [4.69, 9.17) is 4.52 Å². The zero-order valence-electron chi connectivity index (χ0n) is 12.2. The molecule has 2 N–H and O–H groups in total. The van der Waals surface area contributed by atoms with Crippen LogP contribution in [0.2, 0.25) is 0 Å². The standard InChI is InChI=1S/C13H23N5O/c1-13(2,3)11-17-10(18-19-11)8-16-12(14-4)15-7-9-5-6-9/h9H,5-8H2,1-4H3,(H2,14,15,16). The van der Waals surface area contributed by atoms with Crippen LogP contribution in [0.25, 0.3) is 0 Å². The van der Waals surface area contributed by atoms with Crippen LogP contribution in [0.5, 0.6) is 0 Å². The summed E-state index contributed by atoms with van der Waals surface area (Å²) in [6.45, 7) is 7.65. The van der Waals surface area contributed by atoms with Gasteiger partial charge in [-0.1, -0.05) is 25.9 Å². The van der Waals surface area contributed by atoms with Crippen molar-refractivity contribution in [3.05, 3.63) is 11.7 Å². The number of hydrogen-bond donors (Lipinski definition) is 2. The lowest BCUT2D eigenvalue weighted by atomic mass is 9.97. The Hall–Kier alpha value is -1.59. The third-order valence-electron chi connectivity index (χ3n) is 3.00. The Balaban J connectivity index is 1.81. The summed E-state index contributed by atoms with van der Waals surface area (Å²) in [6, 6.07) is 0. The molecule has 1 fully saturated rings. The quantitative estimate of drug-likeness (QED) is 0.636. The Labute approximate surface area is 114 Å². The van der Waals surface area contributed by atoms with E-state index < -0.39 is 0 Å². The van der Waals surface area contributed by atoms with Crippen molar-refractivity contribution in [1.29, 1.82) is 0 Å². The second-order valence-corrected chi connectivity index (χ2v) is 6.02. The van der Waals surface area contributed by atoms with Crippen LogP contribution in [-0.2, 0) is 12.0 Å². The number of rotatable bonds is 4. The molecule has 0 amide bonds. The zero-order valence-corrected chi connectivity index (χ0v) is 12.2. The third kappa shape index (κ3) is 4.22. The van der Waals surface area contributed by atoms with Crippen LogP contribution in [0.15, 0.2) is 9.52 Å².